The Morgan fingerprint density at radius 1 is 0.719 bits per heavy atom. The van der Waals surface area contributed by atoms with Crippen molar-refractivity contribution in [2.45, 2.75) is 38.8 Å². The molecule has 1 unspecified atom stereocenters. The molecule has 3 aromatic carbocycles. The number of ether oxygens (including phenoxy) is 4. The lowest BCUT2D eigenvalue weighted by Gasteiger charge is -2.37. The molecule has 168 valence electrons. The lowest BCUT2D eigenvalue weighted by atomic mass is 10.2. The third-order valence-electron chi connectivity index (χ3n) is 4.80. The monoisotopic (exact) mass is 436 g/mol. The molecule has 0 spiro atoms. The van der Waals surface area contributed by atoms with Gasteiger partial charge in [-0.15, -0.1) is 0 Å². The van der Waals surface area contributed by atoms with Gasteiger partial charge in [-0.2, -0.15) is 0 Å². The number of aliphatic carboxylic acids is 1. The molecule has 0 saturated carbocycles. The summed E-state index contributed by atoms with van der Waals surface area (Å²) in [6, 6.07) is 28.9. The van der Waals surface area contributed by atoms with Gasteiger partial charge >= 0.3 is 11.9 Å². The average molecular weight is 437 g/mol. The molecule has 3 aromatic rings. The van der Waals surface area contributed by atoms with E-state index in [2.05, 4.69) is 0 Å². The van der Waals surface area contributed by atoms with Crippen molar-refractivity contribution < 1.29 is 28.8 Å². The van der Waals surface area contributed by atoms with E-state index in [0.717, 1.165) is 16.7 Å². The normalized spacial score (nSPS) is 12.4. The van der Waals surface area contributed by atoms with Gasteiger partial charge < -0.3 is 24.1 Å². The van der Waals surface area contributed by atoms with Crippen molar-refractivity contribution in [1.29, 1.82) is 0 Å². The molecule has 0 bridgehead atoms. The lowest BCUT2D eigenvalue weighted by molar-refractivity contribution is -0.426. The molecule has 0 aromatic heterocycles. The van der Waals surface area contributed by atoms with Crippen LogP contribution in [-0.4, -0.2) is 29.8 Å². The fourth-order valence-corrected chi connectivity index (χ4v) is 3.05. The Hall–Kier alpha value is -3.03. The second kappa shape index (κ2) is 12.1. The summed E-state index contributed by atoms with van der Waals surface area (Å²) in [5.74, 6) is -2.71. The highest BCUT2D eigenvalue weighted by Gasteiger charge is 2.42. The minimum absolute atomic E-state index is 0.200. The number of carbonyl (C=O) groups is 1. The Bertz CT molecular complexity index is 824. The fraction of sp³-hybridized carbons (Fsp3) is 0.269. The van der Waals surface area contributed by atoms with Crippen LogP contribution in [0.1, 0.15) is 23.6 Å². The Balaban J connectivity index is 1.84. The second-order valence-electron chi connectivity index (χ2n) is 7.27. The first-order valence-electron chi connectivity index (χ1n) is 10.4. The Labute approximate surface area is 188 Å². The van der Waals surface area contributed by atoms with Gasteiger partial charge in [0.15, 0.2) is 0 Å². The summed E-state index contributed by atoms with van der Waals surface area (Å²) < 4.78 is 24.1. The average Bonchev–Trinajstić information content (AvgIpc) is 2.84. The minimum Gasteiger partial charge on any atom is -0.480 e. The van der Waals surface area contributed by atoms with Gasteiger partial charge in [0.1, 0.15) is 12.7 Å². The molecule has 6 heteroatoms. The van der Waals surface area contributed by atoms with Crippen molar-refractivity contribution in [3.8, 4) is 0 Å². The third kappa shape index (κ3) is 7.28. The zero-order valence-electron chi connectivity index (χ0n) is 18.1. The number of carboxylic acid groups (broad SMARTS) is 1. The molecule has 3 rings (SSSR count). The highest BCUT2D eigenvalue weighted by Crippen LogP contribution is 2.28. The third-order valence-corrected chi connectivity index (χ3v) is 4.80. The van der Waals surface area contributed by atoms with Crippen LogP contribution in [0.5, 0.6) is 0 Å². The van der Waals surface area contributed by atoms with E-state index in [1.165, 1.54) is 0 Å². The van der Waals surface area contributed by atoms with Crippen LogP contribution in [0.3, 0.4) is 0 Å². The summed E-state index contributed by atoms with van der Waals surface area (Å²) >= 11 is 0. The van der Waals surface area contributed by atoms with Crippen molar-refractivity contribution >= 4 is 5.97 Å². The van der Waals surface area contributed by atoms with Crippen LogP contribution in [0.2, 0.25) is 0 Å². The molecule has 0 heterocycles. The predicted octanol–water partition coefficient (Wildman–Crippen LogP) is 4.78. The molecule has 0 aliphatic heterocycles. The van der Waals surface area contributed by atoms with E-state index in [1.54, 1.807) is 6.92 Å². The van der Waals surface area contributed by atoms with Crippen LogP contribution in [-0.2, 0) is 43.6 Å². The van der Waals surface area contributed by atoms with E-state index >= 15 is 0 Å². The number of carboxylic acids is 1. The molecule has 0 amide bonds. The lowest BCUT2D eigenvalue weighted by Crippen LogP contribution is -2.50. The first-order valence-corrected chi connectivity index (χ1v) is 10.4. The van der Waals surface area contributed by atoms with E-state index in [-0.39, 0.29) is 19.8 Å². The van der Waals surface area contributed by atoms with Crippen molar-refractivity contribution in [2.24, 2.45) is 0 Å². The Kier molecular flexibility index (Phi) is 8.95. The first kappa shape index (κ1) is 23.6. The van der Waals surface area contributed by atoms with Gasteiger partial charge in [0.2, 0.25) is 0 Å². The van der Waals surface area contributed by atoms with E-state index in [0.29, 0.717) is 0 Å². The highest BCUT2D eigenvalue weighted by molar-refractivity contribution is 5.68. The van der Waals surface area contributed by atoms with Gasteiger partial charge in [0.05, 0.1) is 19.8 Å². The van der Waals surface area contributed by atoms with Crippen LogP contribution in [0.4, 0.5) is 0 Å². The number of hydrogen-bond donors (Lipinski definition) is 1. The smallest absolute Gasteiger partial charge is 0.329 e. The largest absolute Gasteiger partial charge is 0.480 e. The summed E-state index contributed by atoms with van der Waals surface area (Å²) in [5.41, 5.74) is 2.77. The molecule has 0 saturated heterocycles. The van der Waals surface area contributed by atoms with Gasteiger partial charge in [-0.1, -0.05) is 91.0 Å². The maximum atomic E-state index is 11.1. The number of rotatable bonds is 13. The van der Waals surface area contributed by atoms with E-state index in [4.69, 9.17) is 24.1 Å². The quantitative estimate of drug-likeness (QED) is 0.389. The summed E-state index contributed by atoms with van der Waals surface area (Å²) in [7, 11) is 0. The topological polar surface area (TPSA) is 74.2 Å². The molecule has 0 radical (unpaired) electrons. The van der Waals surface area contributed by atoms with Crippen molar-refractivity contribution in [2.75, 3.05) is 6.61 Å². The molecule has 6 nitrogen and oxygen atoms in total. The SMILES string of the molecule is CC(OCC(=O)O)C(OCc1ccccc1)(OCc1ccccc1)OCc1ccccc1. The minimum atomic E-state index is -1.63. The fourth-order valence-electron chi connectivity index (χ4n) is 3.05. The van der Waals surface area contributed by atoms with Crippen molar-refractivity contribution in [3.05, 3.63) is 108 Å². The maximum Gasteiger partial charge on any atom is 0.329 e. The van der Waals surface area contributed by atoms with Crippen LogP contribution in [0, 0.1) is 0 Å². The number of benzene rings is 3. The van der Waals surface area contributed by atoms with E-state index < -0.39 is 24.7 Å². The van der Waals surface area contributed by atoms with Crippen LogP contribution >= 0.6 is 0 Å². The summed E-state index contributed by atoms with van der Waals surface area (Å²) in [4.78, 5) is 11.1. The first-order chi connectivity index (χ1) is 15.6. The Morgan fingerprint density at radius 3 is 1.38 bits per heavy atom. The van der Waals surface area contributed by atoms with E-state index in [1.807, 2.05) is 91.0 Å². The molecule has 0 fully saturated rings. The van der Waals surface area contributed by atoms with Gasteiger partial charge in [-0.3, -0.25) is 0 Å². The summed E-state index contributed by atoms with van der Waals surface area (Å²) in [6.45, 7) is 1.78. The van der Waals surface area contributed by atoms with Gasteiger partial charge in [0, 0.05) is 0 Å². The van der Waals surface area contributed by atoms with Gasteiger partial charge in [0.25, 0.3) is 0 Å². The summed E-state index contributed by atoms with van der Waals surface area (Å²) in [6.07, 6.45) is -0.824. The molecule has 1 N–H and O–H groups in total. The molecular weight excluding hydrogens is 408 g/mol. The maximum absolute atomic E-state index is 11.1. The number of hydrogen-bond acceptors (Lipinski definition) is 5. The molecule has 0 aliphatic carbocycles. The van der Waals surface area contributed by atoms with Crippen LogP contribution in [0.25, 0.3) is 0 Å². The van der Waals surface area contributed by atoms with Crippen molar-refractivity contribution in [3.63, 3.8) is 0 Å². The molecule has 0 aliphatic rings. The van der Waals surface area contributed by atoms with Gasteiger partial charge in [-0.05, 0) is 23.6 Å². The molecule has 1 atom stereocenters. The predicted molar refractivity (Wildman–Crippen MR) is 119 cm³/mol. The highest BCUT2D eigenvalue weighted by atomic mass is 16.9. The van der Waals surface area contributed by atoms with E-state index in [9.17, 15) is 4.79 Å². The molecular formula is C26H28O6. The van der Waals surface area contributed by atoms with Crippen LogP contribution in [0.15, 0.2) is 91.0 Å². The zero-order chi connectivity index (χ0) is 22.7. The Morgan fingerprint density at radius 2 is 1.06 bits per heavy atom. The second-order valence-corrected chi connectivity index (χ2v) is 7.27. The molecule has 32 heavy (non-hydrogen) atoms. The van der Waals surface area contributed by atoms with Crippen molar-refractivity contribution in [1.82, 2.24) is 0 Å². The van der Waals surface area contributed by atoms with Crippen LogP contribution < -0.4 is 0 Å². The zero-order valence-corrected chi connectivity index (χ0v) is 18.1. The summed E-state index contributed by atoms with van der Waals surface area (Å²) in [5, 5.41) is 9.10. The van der Waals surface area contributed by atoms with Gasteiger partial charge in [-0.25, -0.2) is 4.79 Å². The standard InChI is InChI=1S/C26H28O6/c1-21(29-20-25(27)28)26(30-17-22-11-5-2-6-12-22,31-18-23-13-7-3-8-14-23)32-19-24-15-9-4-10-16-24/h2-16,21H,17-20H2,1H3,(H,27,28).